The summed E-state index contributed by atoms with van der Waals surface area (Å²) in [4.78, 5) is 16.0. The number of hydrogen-bond donors (Lipinski definition) is 2. The Morgan fingerprint density at radius 3 is 3.06 bits per heavy atom. The van der Waals surface area contributed by atoms with Crippen LogP contribution in [0.1, 0.15) is 23.5 Å². The molecule has 0 heterocycles. The SMILES string of the molecule is CONC(=O)N[C@@H]1[C@@H]2CCc3ccccc3[C@@H]21. The summed E-state index contributed by atoms with van der Waals surface area (Å²) in [6, 6.07) is 8.56. The Labute approximate surface area is 100 Å². The predicted molar refractivity (Wildman–Crippen MR) is 63.5 cm³/mol. The second-order valence-electron chi connectivity index (χ2n) is 4.73. The molecule has 4 heteroatoms. The quantitative estimate of drug-likeness (QED) is 0.760. The van der Waals surface area contributed by atoms with Gasteiger partial charge in [-0.05, 0) is 29.9 Å². The van der Waals surface area contributed by atoms with Gasteiger partial charge in [-0.25, -0.2) is 10.3 Å². The van der Waals surface area contributed by atoms with Crippen LogP contribution in [0.2, 0.25) is 0 Å². The van der Waals surface area contributed by atoms with Gasteiger partial charge in [0.1, 0.15) is 0 Å². The standard InChI is InChI=1S/C13H16N2O2/c1-17-15-13(16)14-12-10-7-6-8-4-2-3-5-9(8)11(10)12/h2-5,10-12H,6-7H2,1H3,(H2,14,15,16)/t10-,11+,12-/m1/s1. The molecule has 0 saturated heterocycles. The van der Waals surface area contributed by atoms with E-state index in [2.05, 4.69) is 39.9 Å². The minimum absolute atomic E-state index is 0.246. The summed E-state index contributed by atoms with van der Waals surface area (Å²) in [5, 5.41) is 2.96. The van der Waals surface area contributed by atoms with Crippen molar-refractivity contribution in [2.45, 2.75) is 24.8 Å². The van der Waals surface area contributed by atoms with Crippen LogP contribution >= 0.6 is 0 Å². The van der Waals surface area contributed by atoms with Crippen molar-refractivity contribution in [2.24, 2.45) is 5.92 Å². The number of carbonyl (C=O) groups excluding carboxylic acids is 1. The Morgan fingerprint density at radius 1 is 1.41 bits per heavy atom. The summed E-state index contributed by atoms with van der Waals surface area (Å²) in [5.41, 5.74) is 5.14. The Balaban J connectivity index is 1.72. The summed E-state index contributed by atoms with van der Waals surface area (Å²) in [5.74, 6) is 1.11. The Hall–Kier alpha value is -1.55. The molecule has 4 nitrogen and oxygen atoms in total. The molecule has 0 spiro atoms. The maximum atomic E-state index is 11.4. The first-order valence-corrected chi connectivity index (χ1v) is 5.98. The van der Waals surface area contributed by atoms with E-state index in [9.17, 15) is 4.79 Å². The molecule has 1 aromatic rings. The lowest BCUT2D eigenvalue weighted by Crippen LogP contribution is -2.37. The van der Waals surface area contributed by atoms with E-state index in [4.69, 9.17) is 0 Å². The van der Waals surface area contributed by atoms with Crippen molar-refractivity contribution in [2.75, 3.05) is 7.11 Å². The van der Waals surface area contributed by atoms with Crippen LogP contribution in [0.15, 0.2) is 24.3 Å². The molecule has 0 aliphatic heterocycles. The highest BCUT2D eigenvalue weighted by Crippen LogP contribution is 2.54. The highest BCUT2D eigenvalue weighted by molar-refractivity contribution is 5.74. The van der Waals surface area contributed by atoms with Gasteiger partial charge in [-0.15, -0.1) is 0 Å². The van der Waals surface area contributed by atoms with Crippen LogP contribution in [-0.2, 0) is 11.3 Å². The summed E-state index contributed by atoms with van der Waals surface area (Å²) < 4.78 is 0. The van der Waals surface area contributed by atoms with Crippen molar-refractivity contribution in [1.82, 2.24) is 10.8 Å². The summed E-state index contributed by atoms with van der Waals surface area (Å²) >= 11 is 0. The number of benzene rings is 1. The second-order valence-corrected chi connectivity index (χ2v) is 4.73. The molecule has 0 bridgehead atoms. The van der Waals surface area contributed by atoms with Crippen molar-refractivity contribution >= 4 is 6.03 Å². The maximum absolute atomic E-state index is 11.4. The number of rotatable bonds is 2. The minimum Gasteiger partial charge on any atom is -0.333 e. The third-order valence-electron chi connectivity index (χ3n) is 3.82. The summed E-state index contributed by atoms with van der Waals surface area (Å²) in [7, 11) is 1.44. The number of hydrogen-bond acceptors (Lipinski definition) is 2. The van der Waals surface area contributed by atoms with Crippen molar-refractivity contribution in [1.29, 1.82) is 0 Å². The molecule has 2 N–H and O–H groups in total. The third kappa shape index (κ3) is 1.78. The molecular weight excluding hydrogens is 216 g/mol. The van der Waals surface area contributed by atoms with E-state index in [-0.39, 0.29) is 12.1 Å². The fraction of sp³-hybridized carbons (Fsp3) is 0.462. The first kappa shape index (κ1) is 10.6. The number of urea groups is 1. The number of aryl methyl sites for hydroxylation is 1. The molecule has 2 aliphatic carbocycles. The molecule has 1 saturated carbocycles. The van der Waals surface area contributed by atoms with Crippen LogP contribution in [-0.4, -0.2) is 19.2 Å². The molecular formula is C13H16N2O2. The van der Waals surface area contributed by atoms with Crippen molar-refractivity contribution < 1.29 is 9.63 Å². The Morgan fingerprint density at radius 2 is 2.24 bits per heavy atom. The molecule has 0 unspecified atom stereocenters. The largest absolute Gasteiger partial charge is 0.338 e. The van der Waals surface area contributed by atoms with Gasteiger partial charge < -0.3 is 5.32 Å². The average molecular weight is 232 g/mol. The molecule has 2 aliphatic rings. The monoisotopic (exact) mass is 232 g/mol. The van der Waals surface area contributed by atoms with Crippen LogP contribution in [0.25, 0.3) is 0 Å². The van der Waals surface area contributed by atoms with Gasteiger partial charge in [0, 0.05) is 12.0 Å². The topological polar surface area (TPSA) is 50.4 Å². The zero-order chi connectivity index (χ0) is 11.8. The van der Waals surface area contributed by atoms with E-state index in [1.54, 1.807) is 0 Å². The van der Waals surface area contributed by atoms with E-state index >= 15 is 0 Å². The van der Waals surface area contributed by atoms with E-state index in [0.29, 0.717) is 11.8 Å². The molecule has 3 rings (SSSR count). The van der Waals surface area contributed by atoms with Gasteiger partial charge in [-0.3, -0.25) is 4.84 Å². The molecule has 3 atom stereocenters. The second kappa shape index (κ2) is 4.04. The number of amides is 2. The lowest BCUT2D eigenvalue weighted by Gasteiger charge is -2.13. The van der Waals surface area contributed by atoms with Gasteiger partial charge in [-0.2, -0.15) is 0 Å². The maximum Gasteiger partial charge on any atom is 0.338 e. The highest BCUT2D eigenvalue weighted by atomic mass is 16.6. The molecule has 90 valence electrons. The van der Waals surface area contributed by atoms with Gasteiger partial charge in [0.2, 0.25) is 0 Å². The van der Waals surface area contributed by atoms with Crippen molar-refractivity contribution in [3.8, 4) is 0 Å². The Kier molecular flexibility index (Phi) is 2.52. The smallest absolute Gasteiger partial charge is 0.333 e. The van der Waals surface area contributed by atoms with E-state index in [1.165, 1.54) is 24.7 Å². The zero-order valence-corrected chi connectivity index (χ0v) is 9.77. The van der Waals surface area contributed by atoms with E-state index in [1.807, 2.05) is 0 Å². The molecule has 17 heavy (non-hydrogen) atoms. The minimum atomic E-state index is -0.246. The van der Waals surface area contributed by atoms with Crippen molar-refractivity contribution in [3.05, 3.63) is 35.4 Å². The van der Waals surface area contributed by atoms with Gasteiger partial charge >= 0.3 is 6.03 Å². The zero-order valence-electron chi connectivity index (χ0n) is 9.77. The molecule has 0 aromatic heterocycles. The number of nitrogens with one attached hydrogen (secondary N) is 2. The summed E-state index contributed by atoms with van der Waals surface area (Å²) in [6.45, 7) is 0. The number of fused-ring (bicyclic) bond motifs is 3. The average Bonchev–Trinajstić information content (AvgIpc) is 3.03. The number of carbonyl (C=O) groups is 1. The predicted octanol–water partition coefficient (Wildman–Crippen LogP) is 1.58. The van der Waals surface area contributed by atoms with Crippen LogP contribution in [0.5, 0.6) is 0 Å². The van der Waals surface area contributed by atoms with E-state index < -0.39 is 0 Å². The molecule has 2 amide bonds. The van der Waals surface area contributed by atoms with Gasteiger partial charge in [-0.1, -0.05) is 24.3 Å². The van der Waals surface area contributed by atoms with Crippen LogP contribution < -0.4 is 10.8 Å². The third-order valence-corrected chi connectivity index (χ3v) is 3.82. The lowest BCUT2D eigenvalue weighted by molar-refractivity contribution is 0.107. The molecule has 0 radical (unpaired) electrons. The first-order valence-electron chi connectivity index (χ1n) is 5.98. The summed E-state index contributed by atoms with van der Waals surface area (Å²) in [6.07, 6.45) is 2.29. The fourth-order valence-corrected chi connectivity index (χ4v) is 3.04. The van der Waals surface area contributed by atoms with Crippen LogP contribution in [0.4, 0.5) is 4.79 Å². The Bertz CT molecular complexity index is 447. The molecule has 1 fully saturated rings. The van der Waals surface area contributed by atoms with E-state index in [0.717, 1.165) is 6.42 Å². The van der Waals surface area contributed by atoms with Crippen LogP contribution in [0.3, 0.4) is 0 Å². The van der Waals surface area contributed by atoms with Gasteiger partial charge in [0.25, 0.3) is 0 Å². The highest BCUT2D eigenvalue weighted by Gasteiger charge is 2.53. The van der Waals surface area contributed by atoms with Crippen molar-refractivity contribution in [3.63, 3.8) is 0 Å². The van der Waals surface area contributed by atoms with Gasteiger partial charge in [0.15, 0.2) is 0 Å². The van der Waals surface area contributed by atoms with Crippen LogP contribution in [0, 0.1) is 5.92 Å². The normalized spacial score (nSPS) is 28.9. The van der Waals surface area contributed by atoms with Gasteiger partial charge in [0.05, 0.1) is 7.11 Å². The fourth-order valence-electron chi connectivity index (χ4n) is 3.04. The molecule has 1 aromatic carbocycles. The first-order chi connectivity index (χ1) is 8.31. The number of hydroxylamine groups is 1. The lowest BCUT2D eigenvalue weighted by atomic mass is 9.92.